The van der Waals surface area contributed by atoms with Crippen LogP contribution in [0, 0.1) is 6.92 Å². The van der Waals surface area contributed by atoms with Crippen molar-refractivity contribution in [2.45, 2.75) is 52.3 Å². The van der Waals surface area contributed by atoms with Gasteiger partial charge in [-0.05, 0) is 39.2 Å². The Labute approximate surface area is 141 Å². The van der Waals surface area contributed by atoms with Crippen LogP contribution in [0.25, 0.3) is 0 Å². The number of hydrogen-bond acceptors (Lipinski definition) is 5. The van der Waals surface area contributed by atoms with E-state index in [-0.39, 0.29) is 18.1 Å². The van der Waals surface area contributed by atoms with Gasteiger partial charge in [-0.25, -0.2) is 0 Å². The average molecular weight is 335 g/mol. The predicted octanol–water partition coefficient (Wildman–Crippen LogP) is 2.84. The average Bonchev–Trinajstić information content (AvgIpc) is 3.10. The maximum absolute atomic E-state index is 13.0. The minimum atomic E-state index is 0.0389. The molecule has 6 heteroatoms. The Morgan fingerprint density at radius 3 is 2.78 bits per heavy atom. The number of carbonyl (C=O) groups excluding carboxylic acids is 1. The first kappa shape index (κ1) is 16.5. The first-order chi connectivity index (χ1) is 11.0. The number of nitrogens with two attached hydrogens (primary N) is 1. The first-order valence-corrected chi connectivity index (χ1v) is 9.01. The Balaban J connectivity index is 2.05. The second-order valence-electron chi connectivity index (χ2n) is 6.47. The molecule has 126 valence electrons. The molecule has 0 aromatic carbocycles. The van der Waals surface area contributed by atoms with Crippen molar-refractivity contribution in [2.75, 3.05) is 18.1 Å². The highest BCUT2D eigenvalue weighted by atomic mass is 32.1. The smallest absolute Gasteiger partial charge is 0.262 e. The van der Waals surface area contributed by atoms with Crippen molar-refractivity contribution in [2.24, 2.45) is 5.73 Å². The van der Waals surface area contributed by atoms with E-state index in [2.05, 4.69) is 11.5 Å². The number of rotatable bonds is 4. The summed E-state index contributed by atoms with van der Waals surface area (Å²) in [7, 11) is 0. The zero-order chi connectivity index (χ0) is 16.7. The maximum Gasteiger partial charge on any atom is 0.262 e. The number of amides is 1. The molecule has 1 saturated heterocycles. The van der Waals surface area contributed by atoms with Crippen LogP contribution in [0.1, 0.15) is 47.5 Å². The topological polar surface area (TPSA) is 58.8 Å². The molecular formula is C17H25N3O2S. The van der Waals surface area contributed by atoms with Crippen molar-refractivity contribution < 1.29 is 9.53 Å². The Bertz CT molecular complexity index is 632. The molecule has 1 aromatic heterocycles. The lowest BCUT2D eigenvalue weighted by molar-refractivity contribution is 0.0740. The van der Waals surface area contributed by atoms with Crippen molar-refractivity contribution >= 4 is 22.2 Å². The molecule has 0 spiro atoms. The van der Waals surface area contributed by atoms with Gasteiger partial charge < -0.3 is 15.4 Å². The Kier molecular flexibility index (Phi) is 4.49. The summed E-state index contributed by atoms with van der Waals surface area (Å²) in [6, 6.07) is 0.0655. The highest BCUT2D eigenvalue weighted by molar-refractivity contribution is 7.16. The third-order valence-electron chi connectivity index (χ3n) is 4.61. The molecule has 0 radical (unpaired) electrons. The van der Waals surface area contributed by atoms with E-state index < -0.39 is 0 Å². The van der Waals surface area contributed by atoms with E-state index in [1.807, 2.05) is 20.8 Å². The van der Waals surface area contributed by atoms with Gasteiger partial charge in [0, 0.05) is 24.1 Å². The summed E-state index contributed by atoms with van der Waals surface area (Å²) in [5.74, 6) is 0.787. The summed E-state index contributed by atoms with van der Waals surface area (Å²) in [4.78, 5) is 18.0. The minimum absolute atomic E-state index is 0.0389. The minimum Gasteiger partial charge on any atom is -0.376 e. The van der Waals surface area contributed by atoms with Crippen LogP contribution in [0.3, 0.4) is 0 Å². The van der Waals surface area contributed by atoms with Gasteiger partial charge in [0.25, 0.3) is 5.91 Å². The van der Waals surface area contributed by atoms with Gasteiger partial charge in [0.1, 0.15) is 10.8 Å². The quantitative estimate of drug-likeness (QED) is 0.919. The maximum atomic E-state index is 13.0. The highest BCUT2D eigenvalue weighted by Gasteiger charge is 2.38. The summed E-state index contributed by atoms with van der Waals surface area (Å²) in [6.07, 6.45) is 2.36. The number of carbonyl (C=O) groups is 1. The lowest BCUT2D eigenvalue weighted by Gasteiger charge is -2.41. The van der Waals surface area contributed by atoms with Gasteiger partial charge in [-0.3, -0.25) is 9.69 Å². The van der Waals surface area contributed by atoms with E-state index in [4.69, 9.17) is 10.5 Å². The van der Waals surface area contributed by atoms with Crippen LogP contribution >= 0.6 is 11.3 Å². The van der Waals surface area contributed by atoms with Gasteiger partial charge in [0.2, 0.25) is 0 Å². The molecule has 0 saturated carbocycles. The van der Waals surface area contributed by atoms with Gasteiger partial charge >= 0.3 is 0 Å². The van der Waals surface area contributed by atoms with Gasteiger partial charge in [-0.1, -0.05) is 6.58 Å². The van der Waals surface area contributed by atoms with Gasteiger partial charge in [-0.15, -0.1) is 11.3 Å². The highest BCUT2D eigenvalue weighted by Crippen LogP contribution is 2.43. The molecular weight excluding hydrogens is 310 g/mol. The zero-order valence-electron chi connectivity index (χ0n) is 14.1. The van der Waals surface area contributed by atoms with E-state index in [1.165, 1.54) is 0 Å². The molecule has 2 aliphatic rings. The molecule has 1 atom stereocenters. The lowest BCUT2D eigenvalue weighted by Crippen LogP contribution is -2.48. The summed E-state index contributed by atoms with van der Waals surface area (Å²) >= 11 is 1.61. The van der Waals surface area contributed by atoms with Crippen molar-refractivity contribution in [3.8, 4) is 0 Å². The molecule has 2 aliphatic heterocycles. The molecule has 3 heterocycles. The van der Waals surface area contributed by atoms with Crippen molar-refractivity contribution in [3.63, 3.8) is 0 Å². The van der Waals surface area contributed by atoms with Crippen LogP contribution in [-0.4, -0.2) is 36.1 Å². The molecule has 23 heavy (non-hydrogen) atoms. The summed E-state index contributed by atoms with van der Waals surface area (Å²) < 4.78 is 5.80. The van der Waals surface area contributed by atoms with Crippen molar-refractivity contribution in [1.29, 1.82) is 0 Å². The lowest BCUT2D eigenvalue weighted by atomic mass is 10.1. The number of fused-ring (bicyclic) bond motifs is 1. The molecule has 1 amide bonds. The Morgan fingerprint density at radius 2 is 2.22 bits per heavy atom. The number of ether oxygens (including phenoxy) is 1. The van der Waals surface area contributed by atoms with E-state index >= 15 is 0 Å². The van der Waals surface area contributed by atoms with Gasteiger partial charge in [0.15, 0.2) is 0 Å². The van der Waals surface area contributed by atoms with Crippen molar-refractivity contribution in [1.82, 2.24) is 4.90 Å². The third kappa shape index (κ3) is 2.69. The van der Waals surface area contributed by atoms with E-state index in [1.54, 1.807) is 16.2 Å². The first-order valence-electron chi connectivity index (χ1n) is 8.19. The second kappa shape index (κ2) is 6.26. The molecule has 1 aromatic rings. The van der Waals surface area contributed by atoms with Crippen LogP contribution in [-0.2, 0) is 11.3 Å². The summed E-state index contributed by atoms with van der Waals surface area (Å²) in [6.45, 7) is 12.3. The monoisotopic (exact) mass is 335 g/mol. The van der Waals surface area contributed by atoms with Crippen molar-refractivity contribution in [3.05, 3.63) is 28.4 Å². The van der Waals surface area contributed by atoms with Crippen LogP contribution in [0.4, 0.5) is 5.00 Å². The van der Waals surface area contributed by atoms with Crippen LogP contribution in [0.15, 0.2) is 12.4 Å². The fourth-order valence-electron chi connectivity index (χ4n) is 3.38. The molecule has 3 rings (SSSR count). The number of hydrogen-bond donors (Lipinski definition) is 1. The summed E-state index contributed by atoms with van der Waals surface area (Å²) in [5, 5.41) is 0.977. The molecule has 1 fully saturated rings. The normalized spacial score (nSPS) is 21.5. The van der Waals surface area contributed by atoms with Crippen LogP contribution in [0.2, 0.25) is 0 Å². The number of nitrogens with zero attached hydrogens (tertiary/aromatic N) is 2. The fourth-order valence-corrected chi connectivity index (χ4v) is 4.58. The Hall–Kier alpha value is -1.37. The largest absolute Gasteiger partial charge is 0.376 e. The van der Waals surface area contributed by atoms with E-state index in [9.17, 15) is 4.79 Å². The molecule has 1 unspecified atom stereocenters. The second-order valence-corrected chi connectivity index (χ2v) is 7.55. The molecule has 5 nitrogen and oxygen atoms in total. The number of anilines is 1. The number of thiophene rings is 1. The van der Waals surface area contributed by atoms with E-state index in [0.29, 0.717) is 6.54 Å². The molecule has 0 bridgehead atoms. The standard InChI is InChI=1S/C17H25N3O2S/c1-10(2)20-12(4)19(9-13-6-5-7-22-13)17-15(16(20)21)11(3)14(8-18)23-17/h10,13H,4-9,18H2,1-3H3. The summed E-state index contributed by atoms with van der Waals surface area (Å²) in [5.41, 5.74) is 7.66. The fraction of sp³-hybridized carbons (Fsp3) is 0.588. The zero-order valence-corrected chi connectivity index (χ0v) is 14.9. The predicted molar refractivity (Wildman–Crippen MR) is 93.7 cm³/mol. The molecule has 0 aliphatic carbocycles. The van der Waals surface area contributed by atoms with Crippen LogP contribution in [0.5, 0.6) is 0 Å². The van der Waals surface area contributed by atoms with Gasteiger partial charge in [0.05, 0.1) is 18.2 Å². The molecule has 2 N–H and O–H groups in total. The van der Waals surface area contributed by atoms with E-state index in [0.717, 1.165) is 52.8 Å². The van der Waals surface area contributed by atoms with Gasteiger partial charge in [-0.2, -0.15) is 0 Å². The third-order valence-corrected chi connectivity index (χ3v) is 5.94. The Morgan fingerprint density at radius 1 is 1.48 bits per heavy atom. The van der Waals surface area contributed by atoms with Crippen LogP contribution < -0.4 is 10.6 Å². The SMILES string of the molecule is C=C1N(CC2CCCO2)c2sc(CN)c(C)c2C(=O)N1C(C)C.